The van der Waals surface area contributed by atoms with Gasteiger partial charge in [-0.1, -0.05) is 18.2 Å². The van der Waals surface area contributed by atoms with E-state index in [0.717, 1.165) is 0 Å². The van der Waals surface area contributed by atoms with Crippen LogP contribution in [0, 0.1) is 5.82 Å². The van der Waals surface area contributed by atoms with Gasteiger partial charge in [0.1, 0.15) is 35.6 Å². The standard InChI is InChI=1S/C20H23ClFN4O8PS/c1-10(11-4-2-3-5-13(11)22)23-17-12-6-7-26(18(12)25-20(21)24-17)19-16(28)15(27)14(34-19)8-36(32,33)9-35(29,30)31/h2-7,10,14-16,19,27-28H,8-9H2,1H3,(H,23,24,25)(H2,29,30,31)/t10?,14-,15-,16-,19-/m1/s1. The van der Waals surface area contributed by atoms with Crippen LogP contribution >= 0.6 is 19.2 Å². The van der Waals surface area contributed by atoms with Crippen LogP contribution in [-0.2, 0) is 19.1 Å². The van der Waals surface area contributed by atoms with Gasteiger partial charge in [-0.2, -0.15) is 4.98 Å². The second-order valence-electron chi connectivity index (χ2n) is 8.44. The molecule has 0 saturated carbocycles. The summed E-state index contributed by atoms with van der Waals surface area (Å²) >= 11 is 6.11. The molecular weight excluding hydrogens is 542 g/mol. The van der Waals surface area contributed by atoms with Crippen molar-refractivity contribution in [1.29, 1.82) is 0 Å². The van der Waals surface area contributed by atoms with Crippen molar-refractivity contribution < 1.29 is 42.1 Å². The van der Waals surface area contributed by atoms with Crippen LogP contribution in [0.2, 0.25) is 5.28 Å². The first-order valence-corrected chi connectivity index (χ1v) is 14.6. The molecule has 0 amide bonds. The van der Waals surface area contributed by atoms with Crippen LogP contribution in [0.25, 0.3) is 11.0 Å². The van der Waals surface area contributed by atoms with Gasteiger partial charge in [-0.3, -0.25) is 4.57 Å². The van der Waals surface area contributed by atoms with Gasteiger partial charge in [-0.05, 0) is 30.7 Å². The maximum atomic E-state index is 14.2. The zero-order chi connectivity index (χ0) is 26.4. The highest BCUT2D eigenvalue weighted by atomic mass is 35.5. The predicted octanol–water partition coefficient (Wildman–Crippen LogP) is 1.57. The number of hydrogen-bond acceptors (Lipinski definition) is 9. The summed E-state index contributed by atoms with van der Waals surface area (Å²) in [5.74, 6) is -1.08. The molecule has 3 heterocycles. The Morgan fingerprint density at radius 2 is 1.92 bits per heavy atom. The van der Waals surface area contributed by atoms with Crippen LogP contribution < -0.4 is 5.32 Å². The maximum absolute atomic E-state index is 14.2. The largest absolute Gasteiger partial charge is 0.387 e. The minimum Gasteiger partial charge on any atom is -0.387 e. The summed E-state index contributed by atoms with van der Waals surface area (Å²) in [6.07, 6.45) is -4.57. The second-order valence-corrected chi connectivity index (χ2v) is 13.0. The minimum absolute atomic E-state index is 0.174. The lowest BCUT2D eigenvalue weighted by Gasteiger charge is -2.19. The zero-order valence-corrected chi connectivity index (χ0v) is 21.1. The Labute approximate surface area is 209 Å². The number of rotatable bonds is 8. The normalized spacial score (nSPS) is 23.8. The summed E-state index contributed by atoms with van der Waals surface area (Å²) < 4.78 is 56.5. The molecule has 12 nitrogen and oxygen atoms in total. The van der Waals surface area contributed by atoms with Crippen LogP contribution in [0.3, 0.4) is 0 Å². The van der Waals surface area contributed by atoms with Gasteiger partial charge in [0.2, 0.25) is 5.28 Å². The van der Waals surface area contributed by atoms with Crippen molar-refractivity contribution in [1.82, 2.24) is 14.5 Å². The number of nitrogens with one attached hydrogen (secondary N) is 1. The quantitative estimate of drug-likeness (QED) is 0.197. The fraction of sp³-hybridized carbons (Fsp3) is 0.400. The number of hydrogen-bond donors (Lipinski definition) is 5. The van der Waals surface area contributed by atoms with Crippen molar-refractivity contribution in [2.75, 3.05) is 16.6 Å². The Morgan fingerprint density at radius 3 is 2.58 bits per heavy atom. The smallest absolute Gasteiger partial charge is 0.340 e. The number of benzene rings is 1. The van der Waals surface area contributed by atoms with Gasteiger partial charge in [0.05, 0.1) is 17.2 Å². The van der Waals surface area contributed by atoms with Gasteiger partial charge in [0.15, 0.2) is 21.6 Å². The lowest BCUT2D eigenvalue weighted by atomic mass is 10.1. The average molecular weight is 565 g/mol. The zero-order valence-electron chi connectivity index (χ0n) is 18.6. The first-order chi connectivity index (χ1) is 16.8. The van der Waals surface area contributed by atoms with Gasteiger partial charge < -0.3 is 34.6 Å². The molecule has 1 aliphatic rings. The van der Waals surface area contributed by atoms with Gasteiger partial charge in [-0.15, -0.1) is 0 Å². The van der Waals surface area contributed by atoms with Crippen molar-refractivity contribution in [2.45, 2.75) is 37.5 Å². The van der Waals surface area contributed by atoms with E-state index < -0.39 is 65.1 Å². The van der Waals surface area contributed by atoms with Crippen LogP contribution in [0.4, 0.5) is 10.2 Å². The van der Waals surface area contributed by atoms with Gasteiger partial charge in [0.25, 0.3) is 0 Å². The minimum atomic E-state index is -4.88. The Morgan fingerprint density at radius 1 is 1.22 bits per heavy atom. The van der Waals surface area contributed by atoms with Crippen LogP contribution in [0.1, 0.15) is 24.8 Å². The third-order valence-electron chi connectivity index (χ3n) is 5.66. The molecule has 1 unspecified atom stereocenters. The van der Waals surface area contributed by atoms with Crippen molar-refractivity contribution in [2.24, 2.45) is 0 Å². The molecule has 196 valence electrons. The first-order valence-electron chi connectivity index (χ1n) is 10.6. The average Bonchev–Trinajstić information content (AvgIpc) is 3.28. The van der Waals surface area contributed by atoms with Gasteiger partial charge >= 0.3 is 7.60 Å². The summed E-state index contributed by atoms with van der Waals surface area (Å²) in [6.45, 7) is 1.72. The number of aliphatic hydroxyl groups is 2. The third kappa shape index (κ3) is 5.71. The summed E-state index contributed by atoms with van der Waals surface area (Å²) in [6, 6.07) is 7.26. The number of sulfone groups is 1. The Balaban J connectivity index is 1.62. The van der Waals surface area contributed by atoms with E-state index >= 15 is 0 Å². The summed E-state index contributed by atoms with van der Waals surface area (Å²) in [4.78, 5) is 26.3. The van der Waals surface area contributed by atoms with E-state index in [2.05, 4.69) is 15.3 Å². The van der Waals surface area contributed by atoms with Crippen molar-refractivity contribution in [3.8, 4) is 0 Å². The molecule has 1 saturated heterocycles. The number of aliphatic hydroxyl groups excluding tert-OH is 2. The predicted molar refractivity (Wildman–Crippen MR) is 128 cm³/mol. The fourth-order valence-electron chi connectivity index (χ4n) is 4.09. The Bertz CT molecular complexity index is 1430. The van der Waals surface area contributed by atoms with Crippen molar-refractivity contribution >= 4 is 45.9 Å². The summed E-state index contributed by atoms with van der Waals surface area (Å²) in [7, 11) is -9.20. The molecule has 5 N–H and O–H groups in total. The highest BCUT2D eigenvalue weighted by Crippen LogP contribution is 2.39. The molecule has 1 aromatic carbocycles. The Kier molecular flexibility index (Phi) is 7.43. The summed E-state index contributed by atoms with van der Waals surface area (Å²) in [5.41, 5.74) is -0.859. The monoisotopic (exact) mass is 564 g/mol. The highest BCUT2D eigenvalue weighted by molar-refractivity contribution is 7.97. The first kappa shape index (κ1) is 26.9. The fourth-order valence-corrected chi connectivity index (χ4v) is 7.50. The number of aromatic nitrogens is 3. The Hall–Kier alpha value is -2.16. The number of nitrogens with zero attached hydrogens (tertiary/aromatic N) is 3. The highest BCUT2D eigenvalue weighted by Gasteiger charge is 2.46. The van der Waals surface area contributed by atoms with E-state index in [0.29, 0.717) is 10.9 Å². The lowest BCUT2D eigenvalue weighted by molar-refractivity contribution is -0.0288. The van der Waals surface area contributed by atoms with Crippen molar-refractivity contribution in [3.63, 3.8) is 0 Å². The van der Waals surface area contributed by atoms with E-state index in [4.69, 9.17) is 26.1 Å². The molecule has 0 radical (unpaired) electrons. The molecule has 1 fully saturated rings. The topological polar surface area (TPSA) is 184 Å². The molecule has 1 aliphatic heterocycles. The number of fused-ring (bicyclic) bond motifs is 1. The molecular formula is C20H23ClFN4O8PS. The number of ether oxygens (including phenoxy) is 1. The number of halogens is 2. The van der Waals surface area contributed by atoms with Gasteiger partial charge in [0, 0.05) is 11.8 Å². The van der Waals surface area contributed by atoms with Crippen LogP contribution in [0.15, 0.2) is 36.5 Å². The number of anilines is 1. The van der Waals surface area contributed by atoms with Crippen molar-refractivity contribution in [3.05, 3.63) is 53.2 Å². The molecule has 36 heavy (non-hydrogen) atoms. The molecule has 0 aliphatic carbocycles. The SMILES string of the molecule is CC(Nc1nc(Cl)nc2c1ccn2[C@@H]1O[C@H](CS(=O)(=O)CP(=O)(O)O)[C@@H](O)[C@H]1O)c1ccccc1F. The van der Waals surface area contributed by atoms with E-state index in [9.17, 15) is 27.6 Å². The van der Waals surface area contributed by atoms with E-state index in [-0.39, 0.29) is 16.7 Å². The summed E-state index contributed by atoms with van der Waals surface area (Å²) in [5, 5.41) is 24.3. The molecule has 0 bridgehead atoms. The molecule has 3 aromatic rings. The molecule has 5 atom stereocenters. The van der Waals surface area contributed by atoms with Gasteiger partial charge in [-0.25, -0.2) is 17.8 Å². The molecule has 0 spiro atoms. The second kappa shape index (κ2) is 9.95. The molecule has 2 aromatic heterocycles. The van der Waals surface area contributed by atoms with E-state index in [1.54, 1.807) is 31.2 Å². The van der Waals surface area contributed by atoms with E-state index in [1.807, 2.05) is 0 Å². The maximum Gasteiger partial charge on any atom is 0.340 e. The third-order valence-corrected chi connectivity index (χ3v) is 9.59. The van der Waals surface area contributed by atoms with Crippen LogP contribution in [0.5, 0.6) is 0 Å². The van der Waals surface area contributed by atoms with Crippen LogP contribution in [-0.4, -0.2) is 72.5 Å². The molecule has 4 rings (SSSR count). The van der Waals surface area contributed by atoms with E-state index in [1.165, 1.54) is 16.8 Å². The molecule has 16 heteroatoms. The lowest BCUT2D eigenvalue weighted by Crippen LogP contribution is -2.35.